The molecule has 1 amide bonds. The summed E-state index contributed by atoms with van der Waals surface area (Å²) in [6.45, 7) is -0.296. The monoisotopic (exact) mass is 431 g/mol. The van der Waals surface area contributed by atoms with Gasteiger partial charge < -0.3 is 0 Å². The third kappa shape index (κ3) is 4.06. The number of aromatic nitrogens is 4. The van der Waals surface area contributed by atoms with E-state index in [2.05, 4.69) is 20.5 Å². The topological polar surface area (TPSA) is 89.8 Å². The minimum atomic E-state index is -4.47. The second kappa shape index (κ2) is 7.67. The van der Waals surface area contributed by atoms with Gasteiger partial charge in [-0.1, -0.05) is 35.6 Å². The highest BCUT2D eigenvalue weighted by Crippen LogP contribution is 2.33. The number of nitrogens with one attached hydrogen (secondary N) is 1. The summed E-state index contributed by atoms with van der Waals surface area (Å²) in [6, 6.07) is 11.4. The van der Waals surface area contributed by atoms with Crippen LogP contribution in [0, 0.1) is 0 Å². The first-order valence-electron chi connectivity index (χ1n) is 8.56. The maximum absolute atomic E-state index is 12.9. The zero-order chi connectivity index (χ0) is 21.3. The van der Waals surface area contributed by atoms with Gasteiger partial charge in [-0.3, -0.25) is 19.5 Å². The molecule has 11 heteroatoms. The van der Waals surface area contributed by atoms with Crippen molar-refractivity contribution in [1.29, 1.82) is 0 Å². The summed E-state index contributed by atoms with van der Waals surface area (Å²) in [7, 11) is 0. The minimum Gasteiger partial charge on any atom is -0.299 e. The molecular formula is C19H12F3N5O2S. The fourth-order valence-electron chi connectivity index (χ4n) is 2.75. The number of benzene rings is 2. The lowest BCUT2D eigenvalue weighted by atomic mass is 10.1. The van der Waals surface area contributed by atoms with E-state index >= 15 is 0 Å². The summed E-state index contributed by atoms with van der Waals surface area (Å²) in [5.41, 5.74) is -0.409. The van der Waals surface area contributed by atoms with Crippen molar-refractivity contribution in [2.45, 2.75) is 12.7 Å². The highest BCUT2D eigenvalue weighted by Gasteiger charge is 2.30. The second-order valence-electron chi connectivity index (χ2n) is 6.23. The predicted octanol–water partition coefficient (Wildman–Crippen LogP) is 3.57. The molecule has 0 aliphatic heterocycles. The van der Waals surface area contributed by atoms with Crippen molar-refractivity contribution in [3.63, 3.8) is 0 Å². The molecule has 2 aromatic heterocycles. The molecule has 1 N–H and O–H groups in total. The summed E-state index contributed by atoms with van der Waals surface area (Å²) in [5, 5.41) is 10.8. The van der Waals surface area contributed by atoms with E-state index in [-0.39, 0.29) is 27.8 Å². The number of fused-ring (bicyclic) bond motifs is 1. The van der Waals surface area contributed by atoms with Gasteiger partial charge in [0, 0.05) is 5.56 Å². The second-order valence-corrected chi connectivity index (χ2v) is 7.21. The van der Waals surface area contributed by atoms with E-state index in [1.54, 1.807) is 24.3 Å². The number of nitrogens with zero attached hydrogens (tertiary/aromatic N) is 4. The quantitative estimate of drug-likeness (QED) is 0.534. The molecule has 7 nitrogen and oxygen atoms in total. The number of para-hydroxylation sites is 1. The number of anilines is 1. The third-order valence-corrected chi connectivity index (χ3v) is 5.04. The SMILES string of the molecule is O=C(Cn1cnc2ccccc2c1=O)Nc1nnc(-c2cccc(C(F)(F)F)c2)s1. The van der Waals surface area contributed by atoms with E-state index in [1.807, 2.05) is 0 Å². The number of halogens is 3. The number of hydrogen-bond acceptors (Lipinski definition) is 6. The van der Waals surface area contributed by atoms with Crippen LogP contribution in [0.5, 0.6) is 0 Å². The Hall–Kier alpha value is -3.60. The fourth-order valence-corrected chi connectivity index (χ4v) is 3.51. The van der Waals surface area contributed by atoms with Crippen molar-refractivity contribution in [2.75, 3.05) is 5.32 Å². The lowest BCUT2D eigenvalue weighted by molar-refractivity contribution is -0.137. The highest BCUT2D eigenvalue weighted by atomic mass is 32.1. The maximum Gasteiger partial charge on any atom is 0.416 e. The van der Waals surface area contributed by atoms with Gasteiger partial charge in [-0.05, 0) is 24.3 Å². The Morgan fingerprint density at radius 2 is 1.90 bits per heavy atom. The van der Waals surface area contributed by atoms with E-state index in [0.29, 0.717) is 10.9 Å². The van der Waals surface area contributed by atoms with Crippen molar-refractivity contribution in [1.82, 2.24) is 19.7 Å². The third-order valence-electron chi connectivity index (χ3n) is 4.15. The first-order chi connectivity index (χ1) is 14.3. The average molecular weight is 431 g/mol. The molecule has 30 heavy (non-hydrogen) atoms. The lowest BCUT2D eigenvalue weighted by Crippen LogP contribution is -2.27. The van der Waals surface area contributed by atoms with Gasteiger partial charge in [0.05, 0.1) is 22.8 Å². The zero-order valence-corrected chi connectivity index (χ0v) is 15.9. The van der Waals surface area contributed by atoms with E-state index in [0.717, 1.165) is 28.0 Å². The molecule has 152 valence electrons. The van der Waals surface area contributed by atoms with Crippen LogP contribution in [0.1, 0.15) is 5.56 Å². The molecular weight excluding hydrogens is 419 g/mol. The molecule has 0 saturated heterocycles. The Morgan fingerprint density at radius 3 is 2.70 bits per heavy atom. The molecule has 0 bridgehead atoms. The number of alkyl halides is 3. The standard InChI is InChI=1S/C19H12F3N5O2S/c20-19(21,22)12-5-3-4-11(8-12)16-25-26-18(30-16)24-15(28)9-27-10-23-14-7-2-1-6-13(14)17(27)29/h1-8,10H,9H2,(H,24,26,28). The van der Waals surface area contributed by atoms with Gasteiger partial charge >= 0.3 is 6.18 Å². The van der Waals surface area contributed by atoms with Crippen LogP contribution in [0.15, 0.2) is 59.7 Å². The number of rotatable bonds is 4. The van der Waals surface area contributed by atoms with Crippen molar-refractivity contribution in [2.24, 2.45) is 0 Å². The molecule has 2 heterocycles. The molecule has 0 radical (unpaired) electrons. The smallest absolute Gasteiger partial charge is 0.299 e. The summed E-state index contributed by atoms with van der Waals surface area (Å²) in [6.07, 6.45) is -3.20. The summed E-state index contributed by atoms with van der Waals surface area (Å²) < 4.78 is 39.8. The molecule has 0 saturated carbocycles. The number of carbonyl (C=O) groups is 1. The normalized spacial score (nSPS) is 11.6. The van der Waals surface area contributed by atoms with Crippen LogP contribution in [0.3, 0.4) is 0 Å². The first-order valence-corrected chi connectivity index (χ1v) is 9.38. The molecule has 4 rings (SSSR count). The van der Waals surface area contributed by atoms with Gasteiger partial charge in [0.1, 0.15) is 11.6 Å². The Balaban J connectivity index is 1.50. The van der Waals surface area contributed by atoms with Crippen LogP contribution in [0.4, 0.5) is 18.3 Å². The van der Waals surface area contributed by atoms with Crippen molar-refractivity contribution in [3.05, 3.63) is 70.8 Å². The predicted molar refractivity (Wildman–Crippen MR) is 105 cm³/mol. The van der Waals surface area contributed by atoms with Crippen LogP contribution < -0.4 is 10.9 Å². The lowest BCUT2D eigenvalue weighted by Gasteiger charge is -2.07. The van der Waals surface area contributed by atoms with Crippen LogP contribution in [0.2, 0.25) is 0 Å². The summed E-state index contributed by atoms with van der Waals surface area (Å²) >= 11 is 0.926. The van der Waals surface area contributed by atoms with Gasteiger partial charge in [0.2, 0.25) is 11.0 Å². The Bertz CT molecular complexity index is 1300. The van der Waals surface area contributed by atoms with Crippen molar-refractivity contribution < 1.29 is 18.0 Å². The van der Waals surface area contributed by atoms with E-state index in [4.69, 9.17) is 0 Å². The first kappa shape index (κ1) is 19.7. The average Bonchev–Trinajstić information content (AvgIpc) is 3.18. The molecule has 0 aliphatic carbocycles. The van der Waals surface area contributed by atoms with E-state index < -0.39 is 17.6 Å². The molecule has 0 fully saturated rings. The van der Waals surface area contributed by atoms with Gasteiger partial charge in [0.15, 0.2) is 0 Å². The highest BCUT2D eigenvalue weighted by molar-refractivity contribution is 7.18. The van der Waals surface area contributed by atoms with E-state index in [9.17, 15) is 22.8 Å². The largest absolute Gasteiger partial charge is 0.416 e. The van der Waals surface area contributed by atoms with Crippen LogP contribution in [0.25, 0.3) is 21.5 Å². The number of carbonyl (C=O) groups excluding carboxylic acids is 1. The zero-order valence-electron chi connectivity index (χ0n) is 15.1. The van der Waals surface area contributed by atoms with Gasteiger partial charge in [0.25, 0.3) is 5.56 Å². The van der Waals surface area contributed by atoms with Crippen LogP contribution in [-0.2, 0) is 17.5 Å². The fraction of sp³-hybridized carbons (Fsp3) is 0.105. The van der Waals surface area contributed by atoms with Crippen molar-refractivity contribution in [3.8, 4) is 10.6 Å². The Labute approximate surface area is 170 Å². The minimum absolute atomic E-state index is 0.106. The van der Waals surface area contributed by atoms with Crippen LogP contribution in [-0.4, -0.2) is 25.7 Å². The molecule has 4 aromatic rings. The van der Waals surface area contributed by atoms with Crippen molar-refractivity contribution >= 4 is 33.3 Å². The molecule has 0 atom stereocenters. The van der Waals surface area contributed by atoms with Gasteiger partial charge in [-0.25, -0.2) is 4.98 Å². The number of amides is 1. The Kier molecular flexibility index (Phi) is 5.04. The molecule has 2 aromatic carbocycles. The summed E-state index contributed by atoms with van der Waals surface area (Å²) in [4.78, 5) is 28.9. The number of hydrogen-bond donors (Lipinski definition) is 1. The maximum atomic E-state index is 12.9. The van der Waals surface area contributed by atoms with E-state index in [1.165, 1.54) is 18.5 Å². The van der Waals surface area contributed by atoms with Gasteiger partial charge in [-0.2, -0.15) is 13.2 Å². The molecule has 0 unspecified atom stereocenters. The summed E-state index contributed by atoms with van der Waals surface area (Å²) in [5.74, 6) is -0.541. The molecule has 0 aliphatic rings. The van der Waals surface area contributed by atoms with Crippen LogP contribution >= 0.6 is 11.3 Å². The van der Waals surface area contributed by atoms with Gasteiger partial charge in [-0.15, -0.1) is 10.2 Å². The Morgan fingerprint density at radius 1 is 1.10 bits per heavy atom. The molecule has 0 spiro atoms.